The fourth-order valence-electron chi connectivity index (χ4n) is 1.53. The molecule has 0 atom stereocenters. The number of benzene rings is 1. The molecule has 0 amide bonds. The van der Waals surface area contributed by atoms with E-state index in [-0.39, 0.29) is 15.5 Å². The Morgan fingerprint density at radius 2 is 1.95 bits per heavy atom. The number of alkyl halides is 3. The molecule has 0 saturated heterocycles. The molecule has 1 aromatic heterocycles. The topological polar surface area (TPSA) is 22.8 Å². The lowest BCUT2D eigenvalue weighted by molar-refractivity contribution is -0.146. The van der Waals surface area contributed by atoms with Crippen molar-refractivity contribution in [3.63, 3.8) is 0 Å². The smallest absolute Gasteiger partial charge is 0.261 e. The van der Waals surface area contributed by atoms with Crippen molar-refractivity contribution < 1.29 is 17.6 Å². The van der Waals surface area contributed by atoms with Gasteiger partial charge in [-0.05, 0) is 30.4 Å². The van der Waals surface area contributed by atoms with Crippen LogP contribution in [0.4, 0.5) is 17.6 Å². The van der Waals surface area contributed by atoms with Crippen molar-refractivity contribution in [3.8, 4) is 5.69 Å². The molecule has 0 saturated carbocycles. The Balaban J connectivity index is 2.78. The molecule has 3 nitrogen and oxygen atoms in total. The van der Waals surface area contributed by atoms with Gasteiger partial charge in [-0.1, -0.05) is 11.6 Å². The van der Waals surface area contributed by atoms with E-state index in [1.807, 2.05) is 0 Å². The highest BCUT2D eigenvalue weighted by Gasteiger charge is 2.38. The standard InChI is InChI=1S/C10H6ClF4N3S/c1-17-9(19)18(8(16-17)10(13,14)15)7-3-2-5(11)4-6(7)12/h2-4H,1H3. The summed E-state index contributed by atoms with van der Waals surface area (Å²) in [5.41, 5.74) is -0.352. The van der Waals surface area contributed by atoms with E-state index in [1.54, 1.807) is 0 Å². The van der Waals surface area contributed by atoms with E-state index < -0.39 is 17.8 Å². The Labute approximate surface area is 115 Å². The molecule has 0 radical (unpaired) electrons. The van der Waals surface area contributed by atoms with Crippen LogP contribution in [0.5, 0.6) is 0 Å². The molecular formula is C10H6ClF4N3S. The molecule has 1 heterocycles. The lowest BCUT2D eigenvalue weighted by Gasteiger charge is -2.10. The molecule has 0 fully saturated rings. The van der Waals surface area contributed by atoms with E-state index >= 15 is 0 Å². The minimum atomic E-state index is -4.75. The second-order valence-electron chi connectivity index (χ2n) is 3.66. The van der Waals surface area contributed by atoms with Crippen LogP contribution in [0.3, 0.4) is 0 Å². The quantitative estimate of drug-likeness (QED) is 0.591. The SMILES string of the molecule is Cn1nc(C(F)(F)F)n(-c2ccc(Cl)cc2F)c1=S. The minimum absolute atomic E-state index is 0.0743. The van der Waals surface area contributed by atoms with Crippen molar-refractivity contribution in [2.24, 2.45) is 7.05 Å². The second-order valence-corrected chi connectivity index (χ2v) is 4.46. The zero-order valence-corrected chi connectivity index (χ0v) is 10.9. The van der Waals surface area contributed by atoms with Crippen LogP contribution in [0.2, 0.25) is 5.02 Å². The fourth-order valence-corrected chi connectivity index (χ4v) is 1.91. The van der Waals surface area contributed by atoms with Gasteiger partial charge in [0.2, 0.25) is 10.6 Å². The highest BCUT2D eigenvalue weighted by atomic mass is 35.5. The maximum absolute atomic E-state index is 13.7. The van der Waals surface area contributed by atoms with E-state index in [2.05, 4.69) is 5.10 Å². The van der Waals surface area contributed by atoms with Gasteiger partial charge in [0.05, 0.1) is 5.69 Å². The lowest BCUT2D eigenvalue weighted by atomic mass is 10.3. The number of rotatable bonds is 1. The van der Waals surface area contributed by atoms with Crippen molar-refractivity contribution >= 4 is 23.8 Å². The van der Waals surface area contributed by atoms with Gasteiger partial charge < -0.3 is 0 Å². The maximum Gasteiger partial charge on any atom is 0.452 e. The molecule has 0 aliphatic rings. The largest absolute Gasteiger partial charge is 0.452 e. The van der Waals surface area contributed by atoms with Crippen LogP contribution in [-0.4, -0.2) is 14.3 Å². The molecule has 2 rings (SSSR count). The van der Waals surface area contributed by atoms with Crippen molar-refractivity contribution in [2.45, 2.75) is 6.18 Å². The summed E-state index contributed by atoms with van der Waals surface area (Å²) in [6.45, 7) is 0. The number of hydrogen-bond donors (Lipinski definition) is 0. The third-order valence-corrected chi connectivity index (χ3v) is 3.01. The van der Waals surface area contributed by atoms with Crippen LogP contribution in [0, 0.1) is 10.6 Å². The fraction of sp³-hybridized carbons (Fsp3) is 0.200. The first-order valence-electron chi connectivity index (χ1n) is 4.90. The molecular weight excluding hydrogens is 306 g/mol. The van der Waals surface area contributed by atoms with Crippen LogP contribution in [0.25, 0.3) is 5.69 Å². The van der Waals surface area contributed by atoms with Gasteiger partial charge in [0.1, 0.15) is 5.82 Å². The number of halogens is 5. The van der Waals surface area contributed by atoms with E-state index in [0.717, 1.165) is 16.8 Å². The molecule has 0 unspecified atom stereocenters. The van der Waals surface area contributed by atoms with Crippen LogP contribution in [0.15, 0.2) is 18.2 Å². The molecule has 9 heteroatoms. The summed E-state index contributed by atoms with van der Waals surface area (Å²) in [5.74, 6) is -2.21. The van der Waals surface area contributed by atoms with Gasteiger partial charge in [0, 0.05) is 12.1 Å². The van der Waals surface area contributed by atoms with E-state index in [4.69, 9.17) is 23.8 Å². The van der Waals surface area contributed by atoms with Crippen LogP contribution < -0.4 is 0 Å². The molecule has 1 aromatic carbocycles. The van der Waals surface area contributed by atoms with Gasteiger partial charge in [0.15, 0.2) is 0 Å². The number of aromatic nitrogens is 3. The van der Waals surface area contributed by atoms with Gasteiger partial charge in [-0.15, -0.1) is 5.10 Å². The van der Waals surface area contributed by atoms with Gasteiger partial charge in [-0.2, -0.15) is 13.2 Å². The first-order valence-corrected chi connectivity index (χ1v) is 5.69. The summed E-state index contributed by atoms with van der Waals surface area (Å²) in [6, 6.07) is 3.30. The highest BCUT2D eigenvalue weighted by molar-refractivity contribution is 7.71. The molecule has 102 valence electrons. The van der Waals surface area contributed by atoms with Crippen LogP contribution >= 0.6 is 23.8 Å². The summed E-state index contributed by atoms with van der Waals surface area (Å²) < 4.78 is 53.4. The number of aryl methyl sites for hydroxylation is 1. The zero-order chi connectivity index (χ0) is 14.4. The second kappa shape index (κ2) is 4.61. The van der Waals surface area contributed by atoms with Crippen molar-refractivity contribution in [1.82, 2.24) is 14.3 Å². The Hall–Kier alpha value is -1.41. The summed E-state index contributed by atoms with van der Waals surface area (Å²) in [6.07, 6.45) is -4.75. The van der Waals surface area contributed by atoms with Crippen molar-refractivity contribution in [1.29, 1.82) is 0 Å². The summed E-state index contributed by atoms with van der Waals surface area (Å²) in [5, 5.41) is 3.35. The monoisotopic (exact) mass is 311 g/mol. The molecule has 0 N–H and O–H groups in total. The lowest BCUT2D eigenvalue weighted by Crippen LogP contribution is -2.14. The van der Waals surface area contributed by atoms with Gasteiger partial charge in [-0.3, -0.25) is 4.57 Å². The van der Waals surface area contributed by atoms with Gasteiger partial charge >= 0.3 is 6.18 Å². The maximum atomic E-state index is 13.7. The van der Waals surface area contributed by atoms with Crippen LogP contribution in [-0.2, 0) is 13.2 Å². The molecule has 2 aromatic rings. The van der Waals surface area contributed by atoms with Crippen molar-refractivity contribution in [2.75, 3.05) is 0 Å². The number of hydrogen-bond acceptors (Lipinski definition) is 2. The Bertz CT molecular complexity index is 689. The average Bonchev–Trinajstić information content (AvgIpc) is 2.56. The highest BCUT2D eigenvalue weighted by Crippen LogP contribution is 2.31. The molecule has 0 aliphatic carbocycles. The van der Waals surface area contributed by atoms with E-state index in [1.165, 1.54) is 13.1 Å². The average molecular weight is 312 g/mol. The minimum Gasteiger partial charge on any atom is -0.261 e. The summed E-state index contributed by atoms with van der Waals surface area (Å²) in [4.78, 5) is 0. The third kappa shape index (κ3) is 2.50. The first kappa shape index (κ1) is 14.0. The predicted molar refractivity (Wildman–Crippen MR) is 63.3 cm³/mol. The van der Waals surface area contributed by atoms with E-state index in [9.17, 15) is 17.6 Å². The molecule has 0 spiro atoms. The predicted octanol–water partition coefficient (Wildman–Crippen LogP) is 3.75. The third-order valence-electron chi connectivity index (χ3n) is 2.33. The van der Waals surface area contributed by atoms with Gasteiger partial charge in [0.25, 0.3) is 0 Å². The first-order chi connectivity index (χ1) is 8.71. The zero-order valence-electron chi connectivity index (χ0n) is 9.37. The summed E-state index contributed by atoms with van der Waals surface area (Å²) >= 11 is 10.4. The molecule has 0 bridgehead atoms. The Kier molecular flexibility index (Phi) is 3.40. The molecule has 0 aliphatic heterocycles. The van der Waals surface area contributed by atoms with E-state index in [0.29, 0.717) is 4.57 Å². The summed E-state index contributed by atoms with van der Waals surface area (Å²) in [7, 11) is 1.25. The Morgan fingerprint density at radius 3 is 2.47 bits per heavy atom. The Morgan fingerprint density at radius 1 is 1.32 bits per heavy atom. The van der Waals surface area contributed by atoms with Gasteiger partial charge in [-0.25, -0.2) is 9.07 Å². The number of nitrogens with zero attached hydrogens (tertiary/aromatic N) is 3. The van der Waals surface area contributed by atoms with Crippen molar-refractivity contribution in [3.05, 3.63) is 39.6 Å². The molecule has 19 heavy (non-hydrogen) atoms. The van der Waals surface area contributed by atoms with Crippen LogP contribution in [0.1, 0.15) is 5.82 Å². The normalized spacial score (nSPS) is 11.9.